The van der Waals surface area contributed by atoms with Crippen LogP contribution < -0.4 is 5.32 Å². The third-order valence-electron chi connectivity index (χ3n) is 3.94. The summed E-state index contributed by atoms with van der Waals surface area (Å²) in [6.07, 6.45) is 0. The number of nitrogens with one attached hydrogen (secondary N) is 1. The maximum absolute atomic E-state index is 3.42. The molecule has 0 aliphatic rings. The second kappa shape index (κ2) is 6.00. The maximum Gasteiger partial charge on any atom is 0.0435 e. The molecule has 1 unspecified atom stereocenters. The van der Waals surface area contributed by atoms with Crippen molar-refractivity contribution in [3.63, 3.8) is 0 Å². The molecule has 1 atom stereocenters. The highest BCUT2D eigenvalue weighted by molar-refractivity contribution is 7.15. The summed E-state index contributed by atoms with van der Waals surface area (Å²) in [4.78, 5) is 2.76. The van der Waals surface area contributed by atoms with Gasteiger partial charge in [0.2, 0.25) is 0 Å². The lowest BCUT2D eigenvalue weighted by Gasteiger charge is -2.18. The van der Waals surface area contributed by atoms with Crippen LogP contribution in [0, 0.1) is 5.92 Å². The first-order chi connectivity index (χ1) is 10.2. The van der Waals surface area contributed by atoms with Gasteiger partial charge in [0.05, 0.1) is 0 Å². The Balaban J connectivity index is 1.97. The molecule has 0 saturated carbocycles. The third-order valence-corrected chi connectivity index (χ3v) is 5.16. The first-order valence-electron chi connectivity index (χ1n) is 7.45. The van der Waals surface area contributed by atoms with Gasteiger partial charge in [0.25, 0.3) is 0 Å². The highest BCUT2D eigenvalue weighted by Crippen LogP contribution is 2.35. The molecule has 3 aromatic rings. The molecule has 1 heterocycles. The number of hydrogen-bond acceptors (Lipinski definition) is 2. The summed E-state index contributed by atoms with van der Waals surface area (Å²) < 4.78 is 0. The summed E-state index contributed by atoms with van der Waals surface area (Å²) in [5, 5.41) is 6.03. The van der Waals surface area contributed by atoms with E-state index in [1.807, 2.05) is 18.4 Å². The fraction of sp³-hybridized carbons (Fsp3) is 0.263. The van der Waals surface area contributed by atoms with Crippen molar-refractivity contribution in [2.45, 2.75) is 19.9 Å². The molecule has 1 nitrogen and oxygen atoms in total. The van der Waals surface area contributed by atoms with E-state index in [0.717, 1.165) is 0 Å². The van der Waals surface area contributed by atoms with Crippen molar-refractivity contribution in [1.82, 2.24) is 5.32 Å². The molecular formula is C19H21NS. The van der Waals surface area contributed by atoms with Crippen LogP contribution in [0.2, 0.25) is 0 Å². The summed E-state index contributed by atoms with van der Waals surface area (Å²) in [6, 6.07) is 20.2. The minimum absolute atomic E-state index is 0.434. The Kier molecular flexibility index (Phi) is 4.09. The van der Waals surface area contributed by atoms with E-state index in [0.29, 0.717) is 12.0 Å². The van der Waals surface area contributed by atoms with Crippen LogP contribution >= 0.6 is 11.3 Å². The standard InChI is InChI=1S/C19H21NS/c1-13(2)19(20-3)18-11-10-17(21-18)16-9-8-14-6-4-5-7-15(14)12-16/h4-13,19-20H,1-3H3. The summed E-state index contributed by atoms with van der Waals surface area (Å²) >= 11 is 1.89. The fourth-order valence-corrected chi connectivity index (χ4v) is 4.11. The second-order valence-corrected chi connectivity index (χ2v) is 6.89. The van der Waals surface area contributed by atoms with Crippen molar-refractivity contribution in [2.24, 2.45) is 5.92 Å². The number of rotatable bonds is 4. The van der Waals surface area contributed by atoms with Gasteiger partial charge >= 0.3 is 0 Å². The third kappa shape index (κ3) is 2.87. The number of thiophene rings is 1. The van der Waals surface area contributed by atoms with E-state index in [1.165, 1.54) is 26.1 Å². The molecule has 1 N–H and O–H groups in total. The van der Waals surface area contributed by atoms with Crippen LogP contribution in [0.5, 0.6) is 0 Å². The van der Waals surface area contributed by atoms with Crippen LogP contribution in [0.15, 0.2) is 54.6 Å². The SMILES string of the molecule is CNC(c1ccc(-c2ccc3ccccc3c2)s1)C(C)C. The van der Waals surface area contributed by atoms with E-state index < -0.39 is 0 Å². The Morgan fingerprint density at radius 1 is 0.905 bits per heavy atom. The van der Waals surface area contributed by atoms with Gasteiger partial charge in [-0.2, -0.15) is 0 Å². The lowest BCUT2D eigenvalue weighted by Crippen LogP contribution is -2.20. The van der Waals surface area contributed by atoms with Gasteiger partial charge in [-0.1, -0.05) is 50.2 Å². The first-order valence-corrected chi connectivity index (χ1v) is 8.27. The number of benzene rings is 2. The molecule has 21 heavy (non-hydrogen) atoms. The molecule has 0 bridgehead atoms. The molecule has 0 amide bonds. The zero-order chi connectivity index (χ0) is 14.8. The fourth-order valence-electron chi connectivity index (χ4n) is 2.82. The van der Waals surface area contributed by atoms with Gasteiger partial charge in [-0.15, -0.1) is 11.3 Å². The Morgan fingerprint density at radius 3 is 2.38 bits per heavy atom. The Bertz CT molecular complexity index is 742. The second-order valence-electron chi connectivity index (χ2n) is 5.77. The number of fused-ring (bicyclic) bond motifs is 1. The Hall–Kier alpha value is -1.64. The molecule has 3 rings (SSSR count). The number of hydrogen-bond donors (Lipinski definition) is 1. The molecule has 108 valence electrons. The monoisotopic (exact) mass is 295 g/mol. The predicted octanol–water partition coefficient (Wildman–Crippen LogP) is 5.48. The van der Waals surface area contributed by atoms with E-state index in [9.17, 15) is 0 Å². The lowest BCUT2D eigenvalue weighted by molar-refractivity contribution is 0.449. The van der Waals surface area contributed by atoms with E-state index in [2.05, 4.69) is 73.8 Å². The molecule has 1 aromatic heterocycles. The molecule has 2 aromatic carbocycles. The molecule has 0 aliphatic heterocycles. The largest absolute Gasteiger partial charge is 0.312 e. The minimum Gasteiger partial charge on any atom is -0.312 e. The Morgan fingerprint density at radius 2 is 1.67 bits per heavy atom. The summed E-state index contributed by atoms with van der Waals surface area (Å²) in [5.41, 5.74) is 1.31. The van der Waals surface area contributed by atoms with Crippen LogP contribution in [0.1, 0.15) is 24.8 Å². The van der Waals surface area contributed by atoms with E-state index in [1.54, 1.807) is 0 Å². The molecular weight excluding hydrogens is 274 g/mol. The van der Waals surface area contributed by atoms with Crippen molar-refractivity contribution in [3.8, 4) is 10.4 Å². The topological polar surface area (TPSA) is 12.0 Å². The minimum atomic E-state index is 0.434. The van der Waals surface area contributed by atoms with Crippen LogP contribution in [-0.2, 0) is 0 Å². The van der Waals surface area contributed by atoms with Crippen LogP contribution in [0.25, 0.3) is 21.2 Å². The van der Waals surface area contributed by atoms with Crippen LogP contribution in [0.4, 0.5) is 0 Å². The lowest BCUT2D eigenvalue weighted by atomic mass is 10.0. The average molecular weight is 295 g/mol. The highest BCUT2D eigenvalue weighted by Gasteiger charge is 2.16. The normalized spacial score (nSPS) is 13.0. The quantitative estimate of drug-likeness (QED) is 0.671. The van der Waals surface area contributed by atoms with Crippen molar-refractivity contribution in [1.29, 1.82) is 0 Å². The van der Waals surface area contributed by atoms with E-state index in [4.69, 9.17) is 0 Å². The first kappa shape index (κ1) is 14.3. The zero-order valence-electron chi connectivity index (χ0n) is 12.8. The van der Waals surface area contributed by atoms with Gasteiger partial charge in [-0.3, -0.25) is 0 Å². The van der Waals surface area contributed by atoms with Crippen LogP contribution in [0.3, 0.4) is 0 Å². The zero-order valence-corrected chi connectivity index (χ0v) is 13.6. The Labute approximate surface area is 130 Å². The van der Waals surface area contributed by atoms with Gasteiger partial charge in [0, 0.05) is 15.8 Å². The molecule has 0 fully saturated rings. The summed E-state index contributed by atoms with van der Waals surface area (Å²) in [6.45, 7) is 4.52. The molecule has 0 aliphatic carbocycles. The average Bonchev–Trinajstić information content (AvgIpc) is 2.96. The predicted molar refractivity (Wildman–Crippen MR) is 93.9 cm³/mol. The van der Waals surface area contributed by atoms with Gasteiger partial charge in [-0.25, -0.2) is 0 Å². The van der Waals surface area contributed by atoms with Crippen molar-refractivity contribution in [2.75, 3.05) is 7.05 Å². The van der Waals surface area contributed by atoms with Crippen molar-refractivity contribution >= 4 is 22.1 Å². The summed E-state index contributed by atoms with van der Waals surface area (Å²) in [7, 11) is 2.04. The van der Waals surface area contributed by atoms with Gasteiger partial charge < -0.3 is 5.32 Å². The summed E-state index contributed by atoms with van der Waals surface area (Å²) in [5.74, 6) is 0.595. The highest BCUT2D eigenvalue weighted by atomic mass is 32.1. The van der Waals surface area contributed by atoms with Crippen molar-refractivity contribution in [3.05, 3.63) is 59.5 Å². The van der Waals surface area contributed by atoms with E-state index >= 15 is 0 Å². The molecule has 0 radical (unpaired) electrons. The maximum atomic E-state index is 3.42. The van der Waals surface area contributed by atoms with E-state index in [-0.39, 0.29) is 0 Å². The van der Waals surface area contributed by atoms with Crippen LogP contribution in [-0.4, -0.2) is 7.05 Å². The molecule has 0 spiro atoms. The van der Waals surface area contributed by atoms with Gasteiger partial charge in [0.1, 0.15) is 0 Å². The van der Waals surface area contributed by atoms with Crippen molar-refractivity contribution < 1.29 is 0 Å². The van der Waals surface area contributed by atoms with Gasteiger partial charge in [-0.05, 0) is 47.5 Å². The molecule has 0 saturated heterocycles. The van der Waals surface area contributed by atoms with Gasteiger partial charge in [0.15, 0.2) is 0 Å². The smallest absolute Gasteiger partial charge is 0.0435 e. The molecule has 2 heteroatoms.